The van der Waals surface area contributed by atoms with Crippen molar-refractivity contribution in [3.8, 4) is 10.6 Å². The molecule has 0 saturated heterocycles. The molecule has 1 aromatic heterocycles. The second kappa shape index (κ2) is 7.56. The van der Waals surface area contributed by atoms with E-state index in [1.54, 1.807) is 13.0 Å². The standard InChI is InChI=1S/C21H16F3N3O2S/c1-12-17(30-19(25-12)15-9-6-10-16(11-15)21(22,23)24)18-26-27(13(2)28)20(29-18)14-7-4-3-5-8-14/h3-11,20H,1-2H3. The van der Waals surface area contributed by atoms with Gasteiger partial charge in [-0.1, -0.05) is 42.5 Å². The zero-order valence-electron chi connectivity index (χ0n) is 16.0. The predicted octanol–water partition coefficient (Wildman–Crippen LogP) is 5.38. The molecule has 1 aliphatic heterocycles. The van der Waals surface area contributed by atoms with Gasteiger partial charge in [-0.05, 0) is 19.1 Å². The van der Waals surface area contributed by atoms with E-state index >= 15 is 0 Å². The second-order valence-electron chi connectivity index (χ2n) is 6.66. The first kappa shape index (κ1) is 20.1. The summed E-state index contributed by atoms with van der Waals surface area (Å²) in [7, 11) is 0. The van der Waals surface area contributed by atoms with E-state index in [9.17, 15) is 18.0 Å². The number of benzene rings is 2. The van der Waals surface area contributed by atoms with E-state index in [4.69, 9.17) is 4.74 Å². The third kappa shape index (κ3) is 3.80. The number of hydrazone groups is 1. The number of hydrogen-bond acceptors (Lipinski definition) is 5. The molecule has 0 bridgehead atoms. The smallest absolute Gasteiger partial charge is 0.416 e. The highest BCUT2D eigenvalue weighted by Crippen LogP contribution is 2.37. The monoisotopic (exact) mass is 431 g/mol. The van der Waals surface area contributed by atoms with E-state index in [2.05, 4.69) is 10.1 Å². The van der Waals surface area contributed by atoms with Gasteiger partial charge in [0.05, 0.1) is 11.3 Å². The minimum absolute atomic E-state index is 0.215. The van der Waals surface area contributed by atoms with Gasteiger partial charge in [-0.3, -0.25) is 4.79 Å². The van der Waals surface area contributed by atoms with Crippen molar-refractivity contribution in [3.05, 3.63) is 76.3 Å². The number of hydrogen-bond donors (Lipinski definition) is 0. The Bertz CT molecular complexity index is 1130. The van der Waals surface area contributed by atoms with E-state index < -0.39 is 18.0 Å². The number of carbonyl (C=O) groups is 1. The summed E-state index contributed by atoms with van der Waals surface area (Å²) in [6.07, 6.45) is -5.15. The minimum Gasteiger partial charge on any atom is -0.445 e. The average Bonchev–Trinajstić information content (AvgIpc) is 3.32. The molecular weight excluding hydrogens is 415 g/mol. The van der Waals surface area contributed by atoms with Crippen LogP contribution in [0.1, 0.15) is 34.8 Å². The Balaban J connectivity index is 1.68. The molecule has 1 unspecified atom stereocenters. The van der Waals surface area contributed by atoms with Crippen LogP contribution in [0.2, 0.25) is 0 Å². The van der Waals surface area contributed by atoms with Gasteiger partial charge in [0.25, 0.3) is 5.90 Å². The topological polar surface area (TPSA) is 54.8 Å². The highest BCUT2D eigenvalue weighted by molar-refractivity contribution is 7.17. The number of aromatic nitrogens is 1. The van der Waals surface area contributed by atoms with Crippen LogP contribution in [0.3, 0.4) is 0 Å². The number of halogens is 3. The lowest BCUT2D eigenvalue weighted by atomic mass is 10.1. The minimum atomic E-state index is -4.44. The number of rotatable bonds is 3. The summed E-state index contributed by atoms with van der Waals surface area (Å²) in [5, 5.41) is 5.97. The van der Waals surface area contributed by atoms with Crippen LogP contribution in [0.15, 0.2) is 59.7 Å². The molecule has 9 heteroatoms. The summed E-state index contributed by atoms with van der Waals surface area (Å²) in [6, 6.07) is 14.2. The Morgan fingerprint density at radius 3 is 2.53 bits per heavy atom. The first-order chi connectivity index (χ1) is 14.2. The Hall–Kier alpha value is -3.20. The maximum absolute atomic E-state index is 13.0. The third-order valence-corrected chi connectivity index (χ3v) is 5.67. The van der Waals surface area contributed by atoms with Crippen molar-refractivity contribution in [1.29, 1.82) is 0 Å². The van der Waals surface area contributed by atoms with Gasteiger partial charge in [0.2, 0.25) is 12.1 Å². The molecule has 4 rings (SSSR count). The fraction of sp³-hybridized carbons (Fsp3) is 0.190. The van der Waals surface area contributed by atoms with Crippen LogP contribution in [0.25, 0.3) is 10.6 Å². The molecule has 3 aromatic rings. The van der Waals surface area contributed by atoms with Crippen LogP contribution in [-0.2, 0) is 15.7 Å². The summed E-state index contributed by atoms with van der Waals surface area (Å²) >= 11 is 1.17. The number of thiazole rings is 1. The fourth-order valence-electron chi connectivity index (χ4n) is 3.04. The van der Waals surface area contributed by atoms with Crippen LogP contribution in [-0.4, -0.2) is 21.8 Å². The largest absolute Gasteiger partial charge is 0.445 e. The van der Waals surface area contributed by atoms with Crippen LogP contribution >= 0.6 is 11.3 Å². The van der Waals surface area contributed by atoms with Crippen LogP contribution in [0.4, 0.5) is 13.2 Å². The first-order valence-electron chi connectivity index (χ1n) is 8.99. The molecule has 1 atom stereocenters. The number of amides is 1. The molecule has 2 heterocycles. The maximum atomic E-state index is 13.0. The van der Waals surface area contributed by atoms with Crippen molar-refractivity contribution < 1.29 is 22.7 Å². The number of ether oxygens (including phenoxy) is 1. The SMILES string of the molecule is CC(=O)N1N=C(c2sc(-c3cccc(C(F)(F)F)c3)nc2C)OC1c1ccccc1. The van der Waals surface area contributed by atoms with Gasteiger partial charge in [-0.2, -0.15) is 18.2 Å². The van der Waals surface area contributed by atoms with Crippen LogP contribution in [0, 0.1) is 6.92 Å². The lowest BCUT2D eigenvalue weighted by molar-refractivity contribution is -0.137. The third-order valence-electron chi connectivity index (χ3n) is 4.48. The second-order valence-corrected chi connectivity index (χ2v) is 7.66. The van der Waals surface area contributed by atoms with Crippen molar-refractivity contribution in [2.45, 2.75) is 26.3 Å². The number of alkyl halides is 3. The Morgan fingerprint density at radius 2 is 1.87 bits per heavy atom. The summed E-state index contributed by atoms with van der Waals surface area (Å²) in [5.41, 5.74) is 0.927. The molecule has 30 heavy (non-hydrogen) atoms. The van der Waals surface area contributed by atoms with Gasteiger partial charge in [-0.25, -0.2) is 4.98 Å². The predicted molar refractivity (Wildman–Crippen MR) is 107 cm³/mol. The molecule has 154 valence electrons. The molecule has 0 N–H and O–H groups in total. The van der Waals surface area contributed by atoms with Crippen molar-refractivity contribution in [2.75, 3.05) is 0 Å². The lowest BCUT2D eigenvalue weighted by Crippen LogP contribution is -2.25. The zero-order chi connectivity index (χ0) is 21.5. The molecule has 0 aliphatic carbocycles. The number of aryl methyl sites for hydroxylation is 1. The van der Waals surface area contributed by atoms with Gasteiger partial charge >= 0.3 is 6.18 Å². The maximum Gasteiger partial charge on any atom is 0.416 e. The van der Waals surface area contributed by atoms with Crippen molar-refractivity contribution in [2.24, 2.45) is 5.10 Å². The van der Waals surface area contributed by atoms with E-state index in [1.165, 1.54) is 29.3 Å². The normalized spacial score (nSPS) is 16.4. The first-order valence-corrected chi connectivity index (χ1v) is 9.81. The van der Waals surface area contributed by atoms with Gasteiger partial charge in [0, 0.05) is 18.1 Å². The molecule has 0 saturated carbocycles. The molecule has 0 fully saturated rings. The van der Waals surface area contributed by atoms with E-state index in [-0.39, 0.29) is 11.8 Å². The summed E-state index contributed by atoms with van der Waals surface area (Å²) in [6.45, 7) is 3.11. The zero-order valence-corrected chi connectivity index (χ0v) is 16.8. The fourth-order valence-corrected chi connectivity index (χ4v) is 4.03. The van der Waals surface area contributed by atoms with E-state index in [0.717, 1.165) is 17.7 Å². The van der Waals surface area contributed by atoms with Crippen molar-refractivity contribution >= 4 is 23.1 Å². The molecule has 5 nitrogen and oxygen atoms in total. The van der Waals surface area contributed by atoms with Crippen LogP contribution < -0.4 is 0 Å². The van der Waals surface area contributed by atoms with Gasteiger partial charge in [0.15, 0.2) is 0 Å². The van der Waals surface area contributed by atoms with Gasteiger partial charge in [0.1, 0.15) is 9.88 Å². The van der Waals surface area contributed by atoms with Gasteiger partial charge in [-0.15, -0.1) is 16.4 Å². The average molecular weight is 431 g/mol. The summed E-state index contributed by atoms with van der Waals surface area (Å²) < 4.78 is 45.1. The molecule has 1 amide bonds. The van der Waals surface area contributed by atoms with Crippen molar-refractivity contribution in [1.82, 2.24) is 9.99 Å². The Labute approximate surface area is 174 Å². The molecular formula is C21H16F3N3O2S. The van der Waals surface area contributed by atoms with Crippen LogP contribution in [0.5, 0.6) is 0 Å². The molecule has 2 aromatic carbocycles. The van der Waals surface area contributed by atoms with E-state index in [1.807, 2.05) is 30.3 Å². The summed E-state index contributed by atoms with van der Waals surface area (Å²) in [4.78, 5) is 17.0. The summed E-state index contributed by atoms with van der Waals surface area (Å²) in [5.74, 6) is -0.0774. The quantitative estimate of drug-likeness (QED) is 0.560. The molecule has 0 spiro atoms. The number of carbonyl (C=O) groups excluding carboxylic acids is 1. The Kier molecular flexibility index (Phi) is 5.07. The molecule has 0 radical (unpaired) electrons. The highest BCUT2D eigenvalue weighted by atomic mass is 32.1. The van der Waals surface area contributed by atoms with Crippen molar-refractivity contribution in [3.63, 3.8) is 0 Å². The number of nitrogens with zero attached hydrogens (tertiary/aromatic N) is 3. The Morgan fingerprint density at radius 1 is 1.13 bits per heavy atom. The van der Waals surface area contributed by atoms with Gasteiger partial charge < -0.3 is 4.74 Å². The van der Waals surface area contributed by atoms with E-state index in [0.29, 0.717) is 21.1 Å². The molecule has 1 aliphatic rings. The highest BCUT2D eigenvalue weighted by Gasteiger charge is 2.35. The lowest BCUT2D eigenvalue weighted by Gasteiger charge is -2.18.